The van der Waals surface area contributed by atoms with Crippen molar-refractivity contribution < 1.29 is 13.2 Å². The average molecular weight is 323 g/mol. The van der Waals surface area contributed by atoms with E-state index in [-0.39, 0.29) is 5.56 Å². The van der Waals surface area contributed by atoms with Crippen molar-refractivity contribution in [1.29, 1.82) is 0 Å². The first-order valence-electron chi connectivity index (χ1n) is 8.28. The van der Waals surface area contributed by atoms with Crippen molar-refractivity contribution in [2.45, 2.75) is 57.7 Å². The lowest BCUT2D eigenvalue weighted by Gasteiger charge is -2.19. The molecule has 2 aromatic carbocycles. The second-order valence-electron chi connectivity index (χ2n) is 6.05. The molecular formula is C19H24F3N. The van der Waals surface area contributed by atoms with Gasteiger partial charge in [-0.3, -0.25) is 0 Å². The third-order valence-corrected chi connectivity index (χ3v) is 4.26. The third kappa shape index (κ3) is 4.47. The lowest BCUT2D eigenvalue weighted by Crippen LogP contribution is -2.28. The van der Waals surface area contributed by atoms with Crippen LogP contribution in [-0.2, 0) is 6.42 Å². The second-order valence-corrected chi connectivity index (χ2v) is 6.05. The van der Waals surface area contributed by atoms with Gasteiger partial charge in [-0.05, 0) is 34.7 Å². The highest BCUT2D eigenvalue weighted by atomic mass is 19.4. The van der Waals surface area contributed by atoms with E-state index in [1.54, 1.807) is 6.07 Å². The lowest BCUT2D eigenvalue weighted by atomic mass is 9.92. The summed E-state index contributed by atoms with van der Waals surface area (Å²) in [5.41, 5.74) is 6.62. The molecule has 2 aromatic rings. The predicted molar refractivity (Wildman–Crippen MR) is 89.4 cm³/mol. The second kappa shape index (κ2) is 7.82. The van der Waals surface area contributed by atoms with Crippen LogP contribution in [0.25, 0.3) is 10.8 Å². The number of hydrogen-bond acceptors (Lipinski definition) is 1. The molecule has 0 aromatic heterocycles. The van der Waals surface area contributed by atoms with Crippen molar-refractivity contribution >= 4 is 10.8 Å². The molecule has 0 aliphatic carbocycles. The summed E-state index contributed by atoms with van der Waals surface area (Å²) in [5.74, 6) is 0. The lowest BCUT2D eigenvalue weighted by molar-refractivity contribution is -0.148. The minimum absolute atomic E-state index is 0.180. The molecule has 0 spiro atoms. The Balaban J connectivity index is 2.30. The zero-order valence-electron chi connectivity index (χ0n) is 13.5. The van der Waals surface area contributed by atoms with Gasteiger partial charge in [0.05, 0.1) is 0 Å². The molecule has 0 aliphatic heterocycles. The normalized spacial score (nSPS) is 13.4. The molecule has 0 aliphatic rings. The first-order valence-corrected chi connectivity index (χ1v) is 8.28. The van der Waals surface area contributed by atoms with Crippen LogP contribution < -0.4 is 5.73 Å². The maximum Gasteiger partial charge on any atom is 0.407 e. The van der Waals surface area contributed by atoms with E-state index in [0.29, 0.717) is 5.39 Å². The first kappa shape index (κ1) is 17.8. The summed E-state index contributed by atoms with van der Waals surface area (Å²) in [5, 5.41) is 1.50. The first-order chi connectivity index (χ1) is 10.9. The number of nitrogens with two attached hydrogens (primary N) is 1. The van der Waals surface area contributed by atoms with E-state index in [1.165, 1.54) is 25.3 Å². The monoisotopic (exact) mass is 323 g/mol. The van der Waals surface area contributed by atoms with E-state index in [0.717, 1.165) is 30.2 Å². The molecule has 0 radical (unpaired) electrons. The summed E-state index contributed by atoms with van der Waals surface area (Å²) < 4.78 is 39.2. The Bertz CT molecular complexity index is 629. The van der Waals surface area contributed by atoms with Crippen molar-refractivity contribution in [1.82, 2.24) is 0 Å². The molecule has 0 fully saturated rings. The number of halogens is 3. The summed E-state index contributed by atoms with van der Waals surface area (Å²) in [4.78, 5) is 0. The number of fused-ring (bicyclic) bond motifs is 1. The van der Waals surface area contributed by atoms with Gasteiger partial charge < -0.3 is 5.73 Å². The van der Waals surface area contributed by atoms with Crippen LogP contribution in [0, 0.1) is 0 Å². The van der Waals surface area contributed by atoms with E-state index in [4.69, 9.17) is 5.73 Å². The average Bonchev–Trinajstić information content (AvgIpc) is 2.52. The molecule has 1 nitrogen and oxygen atoms in total. The highest BCUT2D eigenvalue weighted by molar-refractivity contribution is 5.89. The molecule has 2 N–H and O–H groups in total. The molecule has 23 heavy (non-hydrogen) atoms. The largest absolute Gasteiger partial charge is 0.407 e. The number of unbranched alkanes of at least 4 members (excludes halogenated alkanes) is 4. The van der Waals surface area contributed by atoms with Crippen molar-refractivity contribution in [2.24, 2.45) is 5.73 Å². The van der Waals surface area contributed by atoms with E-state index >= 15 is 0 Å². The van der Waals surface area contributed by atoms with Crippen LogP contribution >= 0.6 is 0 Å². The van der Waals surface area contributed by atoms with Crippen LogP contribution in [0.4, 0.5) is 13.2 Å². The molecule has 0 bridgehead atoms. The molecule has 4 heteroatoms. The number of aryl methyl sites for hydroxylation is 1. The maximum atomic E-state index is 13.1. The molecular weight excluding hydrogens is 299 g/mol. The number of alkyl halides is 3. The van der Waals surface area contributed by atoms with E-state index < -0.39 is 12.2 Å². The summed E-state index contributed by atoms with van der Waals surface area (Å²) in [6.07, 6.45) is 2.03. The Kier molecular flexibility index (Phi) is 6.05. The van der Waals surface area contributed by atoms with Crippen molar-refractivity contribution in [3.8, 4) is 0 Å². The molecule has 1 atom stereocenters. The summed E-state index contributed by atoms with van der Waals surface area (Å²) in [7, 11) is 0. The highest BCUT2D eigenvalue weighted by Crippen LogP contribution is 2.36. The summed E-state index contributed by atoms with van der Waals surface area (Å²) in [6, 6.07) is 8.74. The minimum Gasteiger partial charge on any atom is -0.316 e. The fourth-order valence-electron chi connectivity index (χ4n) is 3.01. The Morgan fingerprint density at radius 1 is 0.957 bits per heavy atom. The number of hydrogen-bond donors (Lipinski definition) is 1. The SMILES string of the molecule is CCCCCCCc1cccc2cccc([C@H](N)C(F)(F)F)c12. The van der Waals surface area contributed by atoms with E-state index in [9.17, 15) is 13.2 Å². The van der Waals surface area contributed by atoms with Gasteiger partial charge in [0.1, 0.15) is 6.04 Å². The quantitative estimate of drug-likeness (QED) is 0.629. The van der Waals surface area contributed by atoms with Crippen LogP contribution in [0.1, 0.15) is 56.2 Å². The van der Waals surface area contributed by atoms with Crippen LogP contribution in [0.3, 0.4) is 0 Å². The fourth-order valence-corrected chi connectivity index (χ4v) is 3.01. The van der Waals surface area contributed by atoms with Crippen molar-refractivity contribution in [3.63, 3.8) is 0 Å². The highest BCUT2D eigenvalue weighted by Gasteiger charge is 2.38. The predicted octanol–water partition coefficient (Wildman–Crippen LogP) is 5.91. The molecule has 2 rings (SSSR count). The molecule has 0 heterocycles. The van der Waals surface area contributed by atoms with Gasteiger partial charge in [-0.1, -0.05) is 69.0 Å². The molecule has 0 amide bonds. The Labute approximate surface area is 135 Å². The van der Waals surface area contributed by atoms with Gasteiger partial charge in [-0.2, -0.15) is 13.2 Å². The van der Waals surface area contributed by atoms with Crippen LogP contribution in [0.15, 0.2) is 36.4 Å². The van der Waals surface area contributed by atoms with Gasteiger partial charge in [0.15, 0.2) is 0 Å². The summed E-state index contributed by atoms with van der Waals surface area (Å²) >= 11 is 0. The molecule has 0 unspecified atom stereocenters. The smallest absolute Gasteiger partial charge is 0.316 e. The van der Waals surface area contributed by atoms with Gasteiger partial charge in [-0.15, -0.1) is 0 Å². The fraction of sp³-hybridized carbons (Fsp3) is 0.474. The minimum atomic E-state index is -4.43. The van der Waals surface area contributed by atoms with Gasteiger partial charge >= 0.3 is 6.18 Å². The van der Waals surface area contributed by atoms with Gasteiger partial charge in [0, 0.05) is 0 Å². The van der Waals surface area contributed by atoms with Crippen LogP contribution in [-0.4, -0.2) is 6.18 Å². The van der Waals surface area contributed by atoms with E-state index in [2.05, 4.69) is 6.92 Å². The molecule has 126 valence electrons. The zero-order chi connectivity index (χ0) is 16.9. The Morgan fingerprint density at radius 3 is 2.26 bits per heavy atom. The topological polar surface area (TPSA) is 26.0 Å². The Hall–Kier alpha value is -1.55. The molecule has 0 saturated carbocycles. The van der Waals surface area contributed by atoms with E-state index in [1.807, 2.05) is 24.3 Å². The van der Waals surface area contributed by atoms with Crippen LogP contribution in [0.5, 0.6) is 0 Å². The maximum absolute atomic E-state index is 13.1. The third-order valence-electron chi connectivity index (χ3n) is 4.26. The summed E-state index contributed by atoms with van der Waals surface area (Å²) in [6.45, 7) is 2.16. The van der Waals surface area contributed by atoms with Gasteiger partial charge in [0.25, 0.3) is 0 Å². The van der Waals surface area contributed by atoms with Crippen molar-refractivity contribution in [3.05, 3.63) is 47.5 Å². The standard InChI is InChI=1S/C19H24F3N/c1-2-3-4-5-6-9-14-10-7-11-15-12-8-13-16(17(14)15)18(23)19(20,21)22/h7-8,10-13,18H,2-6,9,23H2,1H3/t18-/m0/s1. The number of rotatable bonds is 7. The van der Waals surface area contributed by atoms with Crippen molar-refractivity contribution in [2.75, 3.05) is 0 Å². The van der Waals surface area contributed by atoms with Gasteiger partial charge in [-0.25, -0.2) is 0 Å². The Morgan fingerprint density at radius 2 is 1.61 bits per heavy atom. The zero-order valence-corrected chi connectivity index (χ0v) is 13.5. The van der Waals surface area contributed by atoms with Gasteiger partial charge in [0.2, 0.25) is 0 Å². The van der Waals surface area contributed by atoms with Crippen LogP contribution in [0.2, 0.25) is 0 Å². The number of benzene rings is 2. The molecule has 0 saturated heterocycles.